The maximum Gasteiger partial charge on any atom is 0.0692 e. The molecule has 0 radical (unpaired) electrons. The van der Waals surface area contributed by atoms with E-state index >= 15 is 0 Å². The molecule has 0 heterocycles. The molecule has 1 nitrogen and oxygen atoms in total. The van der Waals surface area contributed by atoms with Gasteiger partial charge in [0.1, 0.15) is 0 Å². The van der Waals surface area contributed by atoms with Gasteiger partial charge in [0.2, 0.25) is 0 Å². The molecule has 0 N–H and O–H groups in total. The van der Waals surface area contributed by atoms with Gasteiger partial charge in [0.25, 0.3) is 0 Å². The molecular formula is C12H19N. The Labute approximate surface area is 81.1 Å². The van der Waals surface area contributed by atoms with Crippen molar-refractivity contribution >= 4 is 0 Å². The highest BCUT2D eigenvalue weighted by Gasteiger charge is 2.44. The Bertz CT molecular complexity index is 228. The number of hydrogen-bond acceptors (Lipinski definition) is 1. The summed E-state index contributed by atoms with van der Waals surface area (Å²) < 4.78 is 0. The summed E-state index contributed by atoms with van der Waals surface area (Å²) in [5.41, 5.74) is 0.0932. The second-order valence-corrected chi connectivity index (χ2v) is 5.10. The van der Waals surface area contributed by atoms with Crippen LogP contribution in [0.25, 0.3) is 0 Å². The van der Waals surface area contributed by atoms with Crippen molar-refractivity contribution in [3.8, 4) is 6.07 Å². The summed E-state index contributed by atoms with van der Waals surface area (Å²) in [5.74, 6) is 1.52. The summed E-state index contributed by atoms with van der Waals surface area (Å²) in [5, 5.41) is 9.34. The topological polar surface area (TPSA) is 23.8 Å². The van der Waals surface area contributed by atoms with Crippen molar-refractivity contribution in [1.29, 1.82) is 5.26 Å². The van der Waals surface area contributed by atoms with Crippen molar-refractivity contribution in [2.24, 2.45) is 17.3 Å². The van der Waals surface area contributed by atoms with E-state index in [1.54, 1.807) is 0 Å². The molecule has 0 aliphatic heterocycles. The van der Waals surface area contributed by atoms with Crippen LogP contribution < -0.4 is 0 Å². The van der Waals surface area contributed by atoms with Gasteiger partial charge in [-0.15, -0.1) is 0 Å². The van der Waals surface area contributed by atoms with E-state index in [-0.39, 0.29) is 5.41 Å². The van der Waals surface area contributed by atoms with Crippen LogP contribution in [-0.2, 0) is 0 Å². The quantitative estimate of drug-likeness (QED) is 0.555. The molecule has 13 heavy (non-hydrogen) atoms. The molecule has 0 aromatic heterocycles. The molecule has 0 spiro atoms. The van der Waals surface area contributed by atoms with Crippen LogP contribution in [0.1, 0.15) is 51.9 Å². The van der Waals surface area contributed by atoms with Crippen molar-refractivity contribution < 1.29 is 0 Å². The molecule has 2 aliphatic carbocycles. The molecule has 2 saturated carbocycles. The monoisotopic (exact) mass is 177 g/mol. The highest BCUT2D eigenvalue weighted by atomic mass is 14.5. The molecule has 3 unspecified atom stereocenters. The molecule has 0 aromatic rings. The molecule has 1 heteroatoms. The highest BCUT2D eigenvalue weighted by molar-refractivity contribution is 5.07. The smallest absolute Gasteiger partial charge is 0.0692 e. The van der Waals surface area contributed by atoms with Crippen LogP contribution in [0.3, 0.4) is 0 Å². The molecule has 0 aromatic carbocycles. The minimum Gasteiger partial charge on any atom is -0.198 e. The molecule has 0 amide bonds. The number of fused-ring (bicyclic) bond motifs is 1. The van der Waals surface area contributed by atoms with Crippen LogP contribution in [-0.4, -0.2) is 0 Å². The maximum atomic E-state index is 9.34. The first-order valence-electron chi connectivity index (χ1n) is 5.68. The zero-order valence-corrected chi connectivity index (χ0v) is 8.55. The second-order valence-electron chi connectivity index (χ2n) is 5.10. The average Bonchev–Trinajstić information content (AvgIpc) is 2.17. The van der Waals surface area contributed by atoms with E-state index in [0.717, 1.165) is 11.8 Å². The van der Waals surface area contributed by atoms with Gasteiger partial charge < -0.3 is 0 Å². The molecule has 2 aliphatic rings. The van der Waals surface area contributed by atoms with Crippen LogP contribution in [0.5, 0.6) is 0 Å². The number of rotatable bonds is 0. The Kier molecular flexibility index (Phi) is 2.32. The molecule has 2 rings (SSSR count). The lowest BCUT2D eigenvalue weighted by atomic mass is 9.58. The summed E-state index contributed by atoms with van der Waals surface area (Å²) in [6.07, 6.45) is 9.00. The first-order valence-corrected chi connectivity index (χ1v) is 5.68. The van der Waals surface area contributed by atoms with Gasteiger partial charge >= 0.3 is 0 Å². The summed E-state index contributed by atoms with van der Waals surface area (Å²) >= 11 is 0. The average molecular weight is 177 g/mol. The van der Waals surface area contributed by atoms with Gasteiger partial charge in [-0.1, -0.05) is 26.2 Å². The van der Waals surface area contributed by atoms with Crippen molar-refractivity contribution in [3.63, 3.8) is 0 Å². The number of nitrogens with zero attached hydrogens (tertiary/aromatic N) is 1. The van der Waals surface area contributed by atoms with Gasteiger partial charge in [-0.05, 0) is 37.5 Å². The van der Waals surface area contributed by atoms with Gasteiger partial charge in [-0.25, -0.2) is 0 Å². The van der Waals surface area contributed by atoms with Crippen LogP contribution in [0.2, 0.25) is 0 Å². The van der Waals surface area contributed by atoms with E-state index in [0.29, 0.717) is 0 Å². The number of hydrogen-bond donors (Lipinski definition) is 0. The van der Waals surface area contributed by atoms with E-state index < -0.39 is 0 Å². The van der Waals surface area contributed by atoms with Crippen molar-refractivity contribution in [3.05, 3.63) is 0 Å². The fourth-order valence-electron chi connectivity index (χ4n) is 3.40. The summed E-state index contributed by atoms with van der Waals surface area (Å²) in [7, 11) is 0. The van der Waals surface area contributed by atoms with Gasteiger partial charge in [0, 0.05) is 0 Å². The molecule has 2 fully saturated rings. The minimum atomic E-state index is 0.0932. The van der Waals surface area contributed by atoms with Crippen LogP contribution >= 0.6 is 0 Å². The first kappa shape index (κ1) is 9.06. The maximum absolute atomic E-state index is 9.34. The Hall–Kier alpha value is -0.510. The van der Waals surface area contributed by atoms with Gasteiger partial charge in [0.15, 0.2) is 0 Å². The Morgan fingerprint density at radius 1 is 1.23 bits per heavy atom. The molecule has 72 valence electrons. The summed E-state index contributed by atoms with van der Waals surface area (Å²) in [6, 6.07) is 2.65. The largest absolute Gasteiger partial charge is 0.198 e. The standard InChI is InChI=1S/C12H19N/c1-10-5-6-11-4-2-3-7-12(11,8-10)9-13/h10-11H,2-8H2,1H3. The van der Waals surface area contributed by atoms with Gasteiger partial charge in [-0.3, -0.25) is 0 Å². The molecule has 0 bridgehead atoms. The van der Waals surface area contributed by atoms with E-state index in [9.17, 15) is 5.26 Å². The fraction of sp³-hybridized carbons (Fsp3) is 0.917. The van der Waals surface area contributed by atoms with E-state index in [4.69, 9.17) is 0 Å². The third-order valence-electron chi connectivity index (χ3n) is 4.15. The third-order valence-corrected chi connectivity index (χ3v) is 4.15. The predicted octanol–water partition coefficient (Wildman–Crippen LogP) is 3.51. The lowest BCUT2D eigenvalue weighted by Crippen LogP contribution is -2.37. The van der Waals surface area contributed by atoms with Crippen LogP contribution in [0, 0.1) is 28.6 Å². The zero-order valence-electron chi connectivity index (χ0n) is 8.55. The van der Waals surface area contributed by atoms with E-state index in [1.807, 2.05) is 0 Å². The Balaban J connectivity index is 2.18. The summed E-state index contributed by atoms with van der Waals surface area (Å²) in [6.45, 7) is 2.31. The lowest BCUT2D eigenvalue weighted by Gasteiger charge is -2.44. The van der Waals surface area contributed by atoms with Crippen molar-refractivity contribution in [2.45, 2.75) is 51.9 Å². The Morgan fingerprint density at radius 2 is 2.08 bits per heavy atom. The molecular weight excluding hydrogens is 158 g/mol. The number of nitriles is 1. The van der Waals surface area contributed by atoms with Crippen LogP contribution in [0.4, 0.5) is 0 Å². The normalized spacial score (nSPS) is 44.9. The second kappa shape index (κ2) is 3.33. The predicted molar refractivity (Wildman–Crippen MR) is 53.0 cm³/mol. The Morgan fingerprint density at radius 3 is 2.85 bits per heavy atom. The first-order chi connectivity index (χ1) is 6.27. The van der Waals surface area contributed by atoms with Crippen LogP contribution in [0.15, 0.2) is 0 Å². The molecule has 3 atom stereocenters. The van der Waals surface area contributed by atoms with E-state index in [1.165, 1.54) is 44.9 Å². The lowest BCUT2D eigenvalue weighted by molar-refractivity contribution is 0.0734. The SMILES string of the molecule is CC1CCC2CCCCC2(C#N)C1. The van der Waals surface area contributed by atoms with Crippen molar-refractivity contribution in [2.75, 3.05) is 0 Å². The summed E-state index contributed by atoms with van der Waals surface area (Å²) in [4.78, 5) is 0. The highest BCUT2D eigenvalue weighted by Crippen LogP contribution is 2.51. The molecule has 0 saturated heterocycles. The minimum absolute atomic E-state index is 0.0932. The van der Waals surface area contributed by atoms with Crippen molar-refractivity contribution in [1.82, 2.24) is 0 Å². The van der Waals surface area contributed by atoms with E-state index in [2.05, 4.69) is 13.0 Å². The van der Waals surface area contributed by atoms with Gasteiger partial charge in [-0.2, -0.15) is 5.26 Å². The third kappa shape index (κ3) is 1.47. The van der Waals surface area contributed by atoms with Gasteiger partial charge in [0.05, 0.1) is 11.5 Å². The zero-order chi connectivity index (χ0) is 9.31. The fourth-order valence-corrected chi connectivity index (χ4v) is 3.40.